The van der Waals surface area contributed by atoms with E-state index in [1.54, 1.807) is 7.11 Å². The van der Waals surface area contributed by atoms with Crippen molar-refractivity contribution >= 4 is 5.78 Å². The second-order valence-corrected chi connectivity index (χ2v) is 13.0. The van der Waals surface area contributed by atoms with E-state index >= 15 is 0 Å². The van der Waals surface area contributed by atoms with Crippen molar-refractivity contribution in [3.63, 3.8) is 0 Å². The van der Waals surface area contributed by atoms with Gasteiger partial charge in [0.15, 0.2) is 0 Å². The van der Waals surface area contributed by atoms with Gasteiger partial charge in [-0.2, -0.15) is 0 Å². The molecule has 29 heavy (non-hydrogen) atoms. The van der Waals surface area contributed by atoms with Crippen LogP contribution in [0.25, 0.3) is 0 Å². The highest BCUT2D eigenvalue weighted by Crippen LogP contribution is 2.88. The molecule has 1 N–H and O–H groups in total. The molecule has 6 bridgehead atoms. The third-order valence-electron chi connectivity index (χ3n) is 13.3. The standard InChI is InChI=1S/C26H38O3/c1-22-13-15-11-17-7-6-16-5-4-8-24(16)9-10-25(17,14-24)23(22,2)20(15)21-18(27)12-19(29-3)26(21,22)28/h15-17,19-21,28H,4-14H2,1-3H3. The fourth-order valence-electron chi connectivity index (χ4n) is 12.4. The molecule has 7 rings (SSSR count). The normalized spacial score (nSPS) is 66.7. The van der Waals surface area contributed by atoms with Crippen molar-refractivity contribution in [2.24, 2.45) is 51.2 Å². The number of Topliss-reactive ketones (excluding diaryl/α,β-unsaturated/α-hetero) is 1. The summed E-state index contributed by atoms with van der Waals surface area (Å²) in [5.41, 5.74) is -0.121. The Balaban J connectivity index is 1.44. The Morgan fingerprint density at radius 1 is 1.07 bits per heavy atom. The van der Waals surface area contributed by atoms with Gasteiger partial charge in [0, 0.05) is 18.9 Å². The van der Waals surface area contributed by atoms with Crippen LogP contribution in [0.15, 0.2) is 0 Å². The van der Waals surface area contributed by atoms with Crippen molar-refractivity contribution in [2.75, 3.05) is 7.11 Å². The first-order valence-corrected chi connectivity index (χ1v) is 12.6. The van der Waals surface area contributed by atoms with Gasteiger partial charge in [0.05, 0.1) is 12.0 Å². The molecule has 3 nitrogen and oxygen atoms in total. The van der Waals surface area contributed by atoms with Crippen molar-refractivity contribution in [2.45, 2.75) is 96.2 Å². The van der Waals surface area contributed by atoms with Gasteiger partial charge in [-0.05, 0) is 97.7 Å². The lowest BCUT2D eigenvalue weighted by Gasteiger charge is -2.60. The van der Waals surface area contributed by atoms with Gasteiger partial charge in [-0.1, -0.05) is 20.3 Å². The molecule has 0 amide bonds. The van der Waals surface area contributed by atoms with Crippen LogP contribution in [0.5, 0.6) is 0 Å². The van der Waals surface area contributed by atoms with Crippen LogP contribution in [0.4, 0.5) is 0 Å². The van der Waals surface area contributed by atoms with E-state index < -0.39 is 5.60 Å². The van der Waals surface area contributed by atoms with Crippen LogP contribution < -0.4 is 0 Å². The zero-order valence-electron chi connectivity index (χ0n) is 18.5. The van der Waals surface area contributed by atoms with Crippen molar-refractivity contribution in [1.29, 1.82) is 0 Å². The maximum Gasteiger partial charge on any atom is 0.141 e. The zero-order chi connectivity index (χ0) is 20.0. The second-order valence-electron chi connectivity index (χ2n) is 13.0. The predicted molar refractivity (Wildman–Crippen MR) is 110 cm³/mol. The quantitative estimate of drug-likeness (QED) is 0.693. The summed E-state index contributed by atoms with van der Waals surface area (Å²) >= 11 is 0. The summed E-state index contributed by atoms with van der Waals surface area (Å²) in [5, 5.41) is 12.3. The van der Waals surface area contributed by atoms with Crippen molar-refractivity contribution in [3.05, 3.63) is 0 Å². The van der Waals surface area contributed by atoms with Crippen LogP contribution in [0.2, 0.25) is 0 Å². The van der Waals surface area contributed by atoms with Crippen molar-refractivity contribution < 1.29 is 14.6 Å². The summed E-state index contributed by atoms with van der Waals surface area (Å²) in [5.74, 6) is 2.93. The van der Waals surface area contributed by atoms with Gasteiger partial charge in [0.25, 0.3) is 0 Å². The molecule has 0 saturated heterocycles. The molecule has 0 aromatic rings. The first-order chi connectivity index (χ1) is 13.8. The summed E-state index contributed by atoms with van der Waals surface area (Å²) in [6, 6.07) is 0. The summed E-state index contributed by atoms with van der Waals surface area (Å²) in [4.78, 5) is 13.3. The minimum atomic E-state index is -0.949. The van der Waals surface area contributed by atoms with Crippen LogP contribution in [0.3, 0.4) is 0 Å². The Labute approximate surface area is 175 Å². The molecule has 3 heteroatoms. The molecule has 0 heterocycles. The molecule has 0 aromatic heterocycles. The number of methoxy groups -OCH3 is 1. The maximum atomic E-state index is 13.3. The SMILES string of the molecule is COC1CC(=O)C2C3C4CC5CCC6CCCC67CCC5(C7)C3(C)C(C)(C4)C12O. The number of carbonyl (C=O) groups is 1. The first-order valence-electron chi connectivity index (χ1n) is 12.6. The van der Waals surface area contributed by atoms with Gasteiger partial charge >= 0.3 is 0 Å². The van der Waals surface area contributed by atoms with Crippen LogP contribution in [-0.2, 0) is 9.53 Å². The van der Waals surface area contributed by atoms with E-state index in [4.69, 9.17) is 4.74 Å². The molecule has 11 atom stereocenters. The fourth-order valence-corrected chi connectivity index (χ4v) is 12.4. The van der Waals surface area contributed by atoms with Gasteiger partial charge in [-0.3, -0.25) is 4.79 Å². The van der Waals surface area contributed by atoms with E-state index in [0.717, 1.165) is 18.3 Å². The highest BCUT2D eigenvalue weighted by atomic mass is 16.5. The minimum Gasteiger partial charge on any atom is -0.386 e. The summed E-state index contributed by atoms with van der Waals surface area (Å²) in [6.45, 7) is 4.96. The highest BCUT2D eigenvalue weighted by Gasteiger charge is 2.88. The Bertz CT molecular complexity index is 808. The van der Waals surface area contributed by atoms with E-state index in [1.165, 1.54) is 57.8 Å². The molecule has 0 aliphatic heterocycles. The van der Waals surface area contributed by atoms with Crippen LogP contribution in [-0.4, -0.2) is 29.7 Å². The summed E-state index contributed by atoms with van der Waals surface area (Å²) < 4.78 is 5.84. The Hall–Kier alpha value is -0.410. The number of hydrogen-bond donors (Lipinski definition) is 1. The summed E-state index contributed by atoms with van der Waals surface area (Å²) in [6.07, 6.45) is 13.9. The van der Waals surface area contributed by atoms with E-state index in [9.17, 15) is 9.90 Å². The molecular formula is C26H38O3. The molecule has 160 valence electrons. The Morgan fingerprint density at radius 3 is 2.66 bits per heavy atom. The number of carbonyl (C=O) groups excluding carboxylic acids is 1. The molecule has 7 saturated carbocycles. The zero-order valence-corrected chi connectivity index (χ0v) is 18.5. The van der Waals surface area contributed by atoms with E-state index in [0.29, 0.717) is 34.9 Å². The third-order valence-corrected chi connectivity index (χ3v) is 13.3. The van der Waals surface area contributed by atoms with E-state index in [-0.39, 0.29) is 22.9 Å². The molecule has 7 aliphatic carbocycles. The molecule has 2 spiro atoms. The number of ketones is 1. The number of aliphatic hydroxyl groups is 1. The first kappa shape index (κ1) is 18.2. The van der Waals surface area contributed by atoms with E-state index in [1.807, 2.05) is 0 Å². The Morgan fingerprint density at radius 2 is 1.86 bits per heavy atom. The van der Waals surface area contributed by atoms with Gasteiger partial charge in [0.1, 0.15) is 11.4 Å². The average molecular weight is 399 g/mol. The monoisotopic (exact) mass is 398 g/mol. The largest absolute Gasteiger partial charge is 0.386 e. The lowest BCUT2D eigenvalue weighted by Crippen LogP contribution is -2.59. The predicted octanol–water partition coefficient (Wildman–Crippen LogP) is 4.75. The van der Waals surface area contributed by atoms with Crippen LogP contribution >= 0.6 is 0 Å². The fraction of sp³-hybridized carbons (Fsp3) is 0.962. The molecule has 7 fully saturated rings. The third kappa shape index (κ3) is 1.53. The van der Waals surface area contributed by atoms with Crippen molar-refractivity contribution in [1.82, 2.24) is 0 Å². The second kappa shape index (κ2) is 4.98. The number of hydrogen-bond acceptors (Lipinski definition) is 3. The van der Waals surface area contributed by atoms with Gasteiger partial charge in [-0.25, -0.2) is 0 Å². The summed E-state index contributed by atoms with van der Waals surface area (Å²) in [7, 11) is 1.71. The van der Waals surface area contributed by atoms with Crippen LogP contribution in [0, 0.1) is 51.2 Å². The average Bonchev–Trinajstić information content (AvgIpc) is 3.38. The van der Waals surface area contributed by atoms with Gasteiger partial charge in [-0.15, -0.1) is 0 Å². The van der Waals surface area contributed by atoms with Gasteiger partial charge < -0.3 is 9.84 Å². The van der Waals surface area contributed by atoms with Crippen LogP contribution in [0.1, 0.15) is 84.5 Å². The molecule has 11 unspecified atom stereocenters. The number of rotatable bonds is 1. The lowest BCUT2D eigenvalue weighted by molar-refractivity contribution is -0.190. The smallest absolute Gasteiger partial charge is 0.141 e. The lowest BCUT2D eigenvalue weighted by atomic mass is 9.44. The highest BCUT2D eigenvalue weighted by molar-refractivity contribution is 5.88. The van der Waals surface area contributed by atoms with Crippen molar-refractivity contribution in [3.8, 4) is 0 Å². The Kier molecular flexibility index (Phi) is 3.12. The number of ether oxygens (including phenoxy) is 1. The topological polar surface area (TPSA) is 46.5 Å². The molecule has 0 aromatic carbocycles. The number of fused-ring (bicyclic) bond motifs is 2. The maximum absolute atomic E-state index is 13.3. The molecule has 0 radical (unpaired) electrons. The minimum absolute atomic E-state index is 0.0842. The molecule has 7 aliphatic rings. The van der Waals surface area contributed by atoms with Gasteiger partial charge in [0.2, 0.25) is 0 Å². The van der Waals surface area contributed by atoms with E-state index in [2.05, 4.69) is 13.8 Å². The molecular weight excluding hydrogens is 360 g/mol.